The first-order valence-corrected chi connectivity index (χ1v) is 11.0. The highest BCUT2D eigenvalue weighted by Gasteiger charge is 2.16. The number of hydrogen-bond donors (Lipinski definition) is 1. The normalized spacial score (nSPS) is 14.2. The van der Waals surface area contributed by atoms with Crippen LogP contribution in [0.25, 0.3) is 0 Å². The van der Waals surface area contributed by atoms with Crippen molar-refractivity contribution in [3.8, 4) is 11.5 Å². The van der Waals surface area contributed by atoms with Gasteiger partial charge in [-0.05, 0) is 63.4 Å². The summed E-state index contributed by atoms with van der Waals surface area (Å²) >= 11 is 0. The van der Waals surface area contributed by atoms with Crippen LogP contribution in [0.5, 0.6) is 11.5 Å². The van der Waals surface area contributed by atoms with Gasteiger partial charge in [0.05, 0.1) is 18.4 Å². The molecule has 1 aromatic heterocycles. The second kappa shape index (κ2) is 9.95. The molecular formula is C25H30N4O4. The van der Waals surface area contributed by atoms with Crippen LogP contribution in [-0.4, -0.2) is 56.3 Å². The van der Waals surface area contributed by atoms with Crippen molar-refractivity contribution in [1.29, 1.82) is 0 Å². The van der Waals surface area contributed by atoms with Crippen LogP contribution in [0.4, 0.5) is 11.4 Å². The molecule has 1 amide bonds. The minimum Gasteiger partial charge on any atom is -0.493 e. The first kappa shape index (κ1) is 22.7. The third kappa shape index (κ3) is 5.28. The minimum atomic E-state index is -0.210. The predicted molar refractivity (Wildman–Crippen MR) is 127 cm³/mol. The Labute approximate surface area is 194 Å². The Morgan fingerprint density at radius 3 is 2.42 bits per heavy atom. The molecule has 0 aliphatic carbocycles. The molecule has 0 saturated carbocycles. The van der Waals surface area contributed by atoms with Crippen LogP contribution in [0.3, 0.4) is 0 Å². The van der Waals surface area contributed by atoms with Gasteiger partial charge in [-0.3, -0.25) is 4.79 Å². The summed E-state index contributed by atoms with van der Waals surface area (Å²) in [6.45, 7) is 8.15. The van der Waals surface area contributed by atoms with Gasteiger partial charge in [-0.1, -0.05) is 5.16 Å². The number of carbonyl (C=O) groups is 1. The molecule has 1 saturated heterocycles. The van der Waals surface area contributed by atoms with Gasteiger partial charge in [-0.25, -0.2) is 0 Å². The molecule has 2 aromatic carbocycles. The molecule has 1 aliphatic rings. The number of piperazine rings is 1. The zero-order valence-corrected chi connectivity index (χ0v) is 19.6. The molecule has 174 valence electrons. The molecule has 33 heavy (non-hydrogen) atoms. The van der Waals surface area contributed by atoms with Crippen LogP contribution in [0.1, 0.15) is 27.4 Å². The number of amides is 1. The average molecular weight is 451 g/mol. The molecule has 8 heteroatoms. The summed E-state index contributed by atoms with van der Waals surface area (Å²) in [5.74, 6) is 1.55. The Morgan fingerprint density at radius 1 is 1.06 bits per heavy atom. The van der Waals surface area contributed by atoms with E-state index in [4.69, 9.17) is 14.0 Å². The molecule has 0 unspecified atom stereocenters. The number of likely N-dealkylation sites (N-methyl/N-ethyl adjacent to an activating group) is 1. The van der Waals surface area contributed by atoms with Crippen LogP contribution in [0.15, 0.2) is 47.0 Å². The van der Waals surface area contributed by atoms with E-state index in [-0.39, 0.29) is 5.91 Å². The molecular weight excluding hydrogens is 420 g/mol. The number of nitrogens with one attached hydrogen (secondary N) is 1. The van der Waals surface area contributed by atoms with Gasteiger partial charge in [0.25, 0.3) is 5.91 Å². The van der Waals surface area contributed by atoms with E-state index in [1.165, 1.54) is 5.69 Å². The number of carbonyl (C=O) groups excluding carboxylic acids is 1. The molecule has 0 radical (unpaired) electrons. The summed E-state index contributed by atoms with van der Waals surface area (Å²) in [6, 6.07) is 13.1. The molecule has 3 aromatic rings. The zero-order chi connectivity index (χ0) is 23.4. The second-order valence-electron chi connectivity index (χ2n) is 8.25. The number of ether oxygens (including phenoxy) is 2. The second-order valence-corrected chi connectivity index (χ2v) is 8.25. The monoisotopic (exact) mass is 450 g/mol. The number of hydrogen-bond acceptors (Lipinski definition) is 7. The van der Waals surface area contributed by atoms with Gasteiger partial charge in [0.15, 0.2) is 11.5 Å². The standard InChI is InChI=1S/C25H30N4O4/c1-17-22(18(2)33-27-17)16-32-23-10-5-19(15-24(23)31-4)25(30)26-20-6-8-21(9-7-20)29-13-11-28(3)12-14-29/h5-10,15H,11-14,16H2,1-4H3,(H,26,30). The molecule has 0 bridgehead atoms. The van der Waals surface area contributed by atoms with Crippen LogP contribution in [0.2, 0.25) is 0 Å². The highest BCUT2D eigenvalue weighted by Crippen LogP contribution is 2.30. The van der Waals surface area contributed by atoms with E-state index >= 15 is 0 Å². The Kier molecular flexibility index (Phi) is 6.84. The third-order valence-corrected chi connectivity index (χ3v) is 5.97. The molecule has 1 N–H and O–H groups in total. The molecule has 8 nitrogen and oxygen atoms in total. The summed E-state index contributed by atoms with van der Waals surface area (Å²) < 4.78 is 16.5. The first-order chi connectivity index (χ1) is 15.9. The third-order valence-electron chi connectivity index (χ3n) is 5.97. The molecule has 1 fully saturated rings. The molecule has 1 aliphatic heterocycles. The highest BCUT2D eigenvalue weighted by atomic mass is 16.5. The summed E-state index contributed by atoms with van der Waals surface area (Å²) in [6.07, 6.45) is 0. The van der Waals surface area contributed by atoms with Crippen molar-refractivity contribution >= 4 is 17.3 Å². The lowest BCUT2D eigenvalue weighted by molar-refractivity contribution is 0.102. The summed E-state index contributed by atoms with van der Waals surface area (Å²) in [4.78, 5) is 17.5. The summed E-state index contributed by atoms with van der Waals surface area (Å²) in [5, 5.41) is 6.89. The molecule has 0 atom stereocenters. The van der Waals surface area contributed by atoms with Crippen molar-refractivity contribution < 1.29 is 18.8 Å². The summed E-state index contributed by atoms with van der Waals surface area (Å²) in [7, 11) is 3.69. The first-order valence-electron chi connectivity index (χ1n) is 11.0. The SMILES string of the molecule is COc1cc(C(=O)Nc2ccc(N3CCN(C)CC3)cc2)ccc1OCc1c(C)noc1C. The van der Waals surface area contributed by atoms with Crippen LogP contribution in [0, 0.1) is 13.8 Å². The van der Waals surface area contributed by atoms with E-state index in [0.29, 0.717) is 23.7 Å². The van der Waals surface area contributed by atoms with Crippen LogP contribution >= 0.6 is 0 Å². The van der Waals surface area contributed by atoms with Crippen molar-refractivity contribution in [2.24, 2.45) is 0 Å². The maximum atomic E-state index is 12.8. The fourth-order valence-electron chi connectivity index (χ4n) is 3.81. The predicted octanol–water partition coefficient (Wildman–Crippen LogP) is 3.88. The van der Waals surface area contributed by atoms with Gasteiger partial charge < -0.3 is 29.1 Å². The van der Waals surface area contributed by atoms with Gasteiger partial charge in [-0.15, -0.1) is 0 Å². The highest BCUT2D eigenvalue weighted by molar-refractivity contribution is 6.04. The fourth-order valence-corrected chi connectivity index (χ4v) is 3.81. The topological polar surface area (TPSA) is 80.1 Å². The number of aryl methyl sites for hydroxylation is 2. The number of rotatable bonds is 7. The maximum absolute atomic E-state index is 12.8. The van der Waals surface area contributed by atoms with Crippen molar-refractivity contribution in [2.75, 3.05) is 50.6 Å². The maximum Gasteiger partial charge on any atom is 0.255 e. The average Bonchev–Trinajstić information content (AvgIpc) is 3.15. The quantitative estimate of drug-likeness (QED) is 0.585. The lowest BCUT2D eigenvalue weighted by atomic mass is 10.1. The number of benzene rings is 2. The molecule has 0 spiro atoms. The number of aromatic nitrogens is 1. The number of nitrogens with zero attached hydrogens (tertiary/aromatic N) is 3. The lowest BCUT2D eigenvalue weighted by Crippen LogP contribution is -2.44. The van der Waals surface area contributed by atoms with Crippen molar-refractivity contribution in [1.82, 2.24) is 10.1 Å². The number of anilines is 2. The van der Waals surface area contributed by atoms with Crippen molar-refractivity contribution in [3.63, 3.8) is 0 Å². The lowest BCUT2D eigenvalue weighted by Gasteiger charge is -2.34. The van der Waals surface area contributed by atoms with Gasteiger partial charge in [0.2, 0.25) is 0 Å². The van der Waals surface area contributed by atoms with Gasteiger partial charge >= 0.3 is 0 Å². The van der Waals surface area contributed by atoms with Gasteiger partial charge in [0.1, 0.15) is 12.4 Å². The van der Waals surface area contributed by atoms with E-state index in [1.54, 1.807) is 25.3 Å². The Balaban J connectivity index is 1.39. The van der Waals surface area contributed by atoms with Crippen molar-refractivity contribution in [2.45, 2.75) is 20.5 Å². The Hall–Kier alpha value is -3.52. The smallest absolute Gasteiger partial charge is 0.255 e. The number of methoxy groups -OCH3 is 1. The van der Waals surface area contributed by atoms with Crippen LogP contribution in [-0.2, 0) is 6.61 Å². The van der Waals surface area contributed by atoms with E-state index in [2.05, 4.69) is 27.3 Å². The van der Waals surface area contributed by atoms with Gasteiger partial charge in [0, 0.05) is 43.1 Å². The molecule has 2 heterocycles. The van der Waals surface area contributed by atoms with E-state index < -0.39 is 0 Å². The van der Waals surface area contributed by atoms with E-state index in [1.807, 2.05) is 38.1 Å². The van der Waals surface area contributed by atoms with Crippen molar-refractivity contribution in [3.05, 3.63) is 65.0 Å². The fraction of sp³-hybridized carbons (Fsp3) is 0.360. The van der Waals surface area contributed by atoms with E-state index in [9.17, 15) is 4.79 Å². The Bertz CT molecular complexity index is 1080. The van der Waals surface area contributed by atoms with Gasteiger partial charge in [-0.2, -0.15) is 0 Å². The molecule has 4 rings (SSSR count). The minimum absolute atomic E-state index is 0.210. The van der Waals surface area contributed by atoms with E-state index in [0.717, 1.165) is 48.9 Å². The summed E-state index contributed by atoms with van der Waals surface area (Å²) in [5.41, 5.74) is 4.10. The van der Waals surface area contributed by atoms with Crippen LogP contribution < -0.4 is 19.7 Å². The Morgan fingerprint density at radius 2 is 1.79 bits per heavy atom. The largest absolute Gasteiger partial charge is 0.493 e. The zero-order valence-electron chi connectivity index (χ0n) is 19.6.